The highest BCUT2D eigenvalue weighted by atomic mass is 127. The van der Waals surface area contributed by atoms with Gasteiger partial charge in [-0.3, -0.25) is 0 Å². The van der Waals surface area contributed by atoms with Crippen molar-refractivity contribution in [3.63, 3.8) is 0 Å². The van der Waals surface area contributed by atoms with Crippen LogP contribution < -0.4 is 0 Å². The summed E-state index contributed by atoms with van der Waals surface area (Å²) in [5, 5.41) is 0.315. The molecule has 0 unspecified atom stereocenters. The second kappa shape index (κ2) is 5.82. The van der Waals surface area contributed by atoms with Crippen molar-refractivity contribution in [1.29, 1.82) is 0 Å². The Labute approximate surface area is 110 Å². The Morgan fingerprint density at radius 2 is 1.87 bits per heavy atom. The van der Waals surface area contributed by atoms with E-state index in [1.54, 1.807) is 0 Å². The quantitative estimate of drug-likeness (QED) is 0.518. The topological polar surface area (TPSA) is 9.23 Å². The molecular weight excluding hydrogens is 315 g/mol. The summed E-state index contributed by atoms with van der Waals surface area (Å²) in [6.45, 7) is 16.7. The van der Waals surface area contributed by atoms with Gasteiger partial charge in [-0.15, -0.1) is 0 Å². The highest BCUT2D eigenvalue weighted by Crippen LogP contribution is 2.36. The minimum atomic E-state index is -1.55. The van der Waals surface area contributed by atoms with Crippen molar-refractivity contribution in [2.24, 2.45) is 5.92 Å². The van der Waals surface area contributed by atoms with Crippen LogP contribution in [0.5, 0.6) is 0 Å². The average molecular weight is 340 g/mol. The Bertz CT molecular complexity index is 224. The Hall–Kier alpha value is 0.647. The van der Waals surface area contributed by atoms with E-state index in [4.69, 9.17) is 4.43 Å². The van der Waals surface area contributed by atoms with Gasteiger partial charge in [0.25, 0.3) is 0 Å². The first-order valence-corrected chi connectivity index (χ1v) is 9.53. The van der Waals surface area contributed by atoms with E-state index in [0.29, 0.717) is 11.0 Å². The third kappa shape index (κ3) is 6.07. The minimum Gasteiger partial charge on any atom is -0.416 e. The van der Waals surface area contributed by atoms with Gasteiger partial charge in [0.15, 0.2) is 8.32 Å². The first-order valence-electron chi connectivity index (χ1n) is 5.54. The lowest BCUT2D eigenvalue weighted by Gasteiger charge is -2.36. The van der Waals surface area contributed by atoms with Crippen LogP contribution in [0.1, 0.15) is 34.6 Å². The third-order valence-corrected chi connectivity index (χ3v) is 7.89. The maximum Gasteiger partial charge on any atom is 0.192 e. The molecule has 0 spiro atoms. The van der Waals surface area contributed by atoms with Crippen LogP contribution in [0.3, 0.4) is 0 Å². The molecule has 0 aliphatic rings. The summed E-state index contributed by atoms with van der Waals surface area (Å²) in [4.78, 5) is 0. The molecule has 0 amide bonds. The van der Waals surface area contributed by atoms with Crippen molar-refractivity contribution >= 4 is 30.9 Å². The average Bonchev–Trinajstić information content (AvgIpc) is 1.97. The van der Waals surface area contributed by atoms with Crippen molar-refractivity contribution in [3.05, 3.63) is 9.66 Å². The molecule has 0 radical (unpaired) electrons. The van der Waals surface area contributed by atoms with Crippen molar-refractivity contribution in [3.8, 4) is 0 Å². The molecule has 0 saturated carbocycles. The van der Waals surface area contributed by atoms with Gasteiger partial charge in [0.2, 0.25) is 0 Å². The van der Waals surface area contributed by atoms with Crippen molar-refractivity contribution in [2.75, 3.05) is 6.61 Å². The SMILES string of the molecule is C/C(I)=C/[C@@H](C)CO[Si](C)(C)C(C)(C)C. The highest BCUT2D eigenvalue weighted by Gasteiger charge is 2.37. The number of rotatable bonds is 4. The fourth-order valence-electron chi connectivity index (χ4n) is 0.996. The van der Waals surface area contributed by atoms with E-state index in [-0.39, 0.29) is 0 Å². The second-order valence-electron chi connectivity index (χ2n) is 5.80. The van der Waals surface area contributed by atoms with Crippen LogP contribution in [0.2, 0.25) is 18.1 Å². The van der Waals surface area contributed by atoms with Crippen molar-refractivity contribution in [2.45, 2.75) is 52.8 Å². The smallest absolute Gasteiger partial charge is 0.192 e. The predicted molar refractivity (Wildman–Crippen MR) is 80.1 cm³/mol. The zero-order valence-electron chi connectivity index (χ0n) is 11.1. The minimum absolute atomic E-state index is 0.315. The maximum absolute atomic E-state index is 6.15. The van der Waals surface area contributed by atoms with Crippen LogP contribution in [0.4, 0.5) is 0 Å². The van der Waals surface area contributed by atoms with E-state index >= 15 is 0 Å². The van der Waals surface area contributed by atoms with Gasteiger partial charge in [-0.25, -0.2) is 0 Å². The van der Waals surface area contributed by atoms with Gasteiger partial charge in [-0.05, 0) is 57.1 Å². The van der Waals surface area contributed by atoms with Crippen molar-refractivity contribution in [1.82, 2.24) is 0 Å². The van der Waals surface area contributed by atoms with E-state index in [2.05, 4.69) is 76.4 Å². The Balaban J connectivity index is 4.22. The zero-order valence-corrected chi connectivity index (χ0v) is 14.3. The standard InChI is InChI=1S/C12H25IOSi/c1-10(8-11(2)13)9-14-15(6,7)12(3,4)5/h8,10H,9H2,1-7H3/b11-8-/t10-/m1/s1. The van der Waals surface area contributed by atoms with Crippen LogP contribution in [0.15, 0.2) is 9.66 Å². The van der Waals surface area contributed by atoms with Gasteiger partial charge in [0, 0.05) is 6.61 Å². The van der Waals surface area contributed by atoms with Gasteiger partial charge >= 0.3 is 0 Å². The Morgan fingerprint density at radius 1 is 1.40 bits per heavy atom. The third-order valence-electron chi connectivity index (χ3n) is 3.03. The van der Waals surface area contributed by atoms with E-state index < -0.39 is 8.32 Å². The molecule has 0 rings (SSSR count). The monoisotopic (exact) mass is 340 g/mol. The lowest BCUT2D eigenvalue weighted by molar-refractivity contribution is 0.259. The lowest BCUT2D eigenvalue weighted by atomic mass is 10.2. The normalized spacial score (nSPS) is 16.7. The fraction of sp³-hybridized carbons (Fsp3) is 0.833. The first-order chi connectivity index (χ1) is 6.56. The molecule has 3 heteroatoms. The molecule has 1 nitrogen and oxygen atoms in total. The number of halogens is 1. The predicted octanol–water partition coefficient (Wildman–Crippen LogP) is 4.98. The van der Waals surface area contributed by atoms with Gasteiger partial charge in [0.1, 0.15) is 0 Å². The molecule has 0 aromatic rings. The molecule has 0 bridgehead atoms. The molecule has 90 valence electrons. The van der Waals surface area contributed by atoms with Crippen LogP contribution in [0.25, 0.3) is 0 Å². The molecule has 0 fully saturated rings. The summed E-state index contributed by atoms with van der Waals surface area (Å²) in [5.41, 5.74) is 0. The van der Waals surface area contributed by atoms with Gasteiger partial charge < -0.3 is 4.43 Å². The lowest BCUT2D eigenvalue weighted by Crippen LogP contribution is -2.41. The largest absolute Gasteiger partial charge is 0.416 e. The maximum atomic E-state index is 6.15. The van der Waals surface area contributed by atoms with E-state index in [9.17, 15) is 0 Å². The number of hydrogen-bond donors (Lipinski definition) is 0. The summed E-state index contributed by atoms with van der Waals surface area (Å²) >= 11 is 2.35. The summed E-state index contributed by atoms with van der Waals surface area (Å²) in [7, 11) is -1.55. The number of allylic oxidation sites excluding steroid dienone is 1. The summed E-state index contributed by atoms with van der Waals surface area (Å²) in [6.07, 6.45) is 2.27. The van der Waals surface area contributed by atoms with Crippen molar-refractivity contribution < 1.29 is 4.43 Å². The molecular formula is C12H25IOSi. The molecule has 15 heavy (non-hydrogen) atoms. The molecule has 0 aromatic carbocycles. The van der Waals surface area contributed by atoms with Crippen LogP contribution in [-0.4, -0.2) is 14.9 Å². The molecule has 0 aliphatic carbocycles. The Morgan fingerprint density at radius 3 is 2.20 bits per heavy atom. The van der Waals surface area contributed by atoms with E-state index in [0.717, 1.165) is 6.61 Å². The molecule has 0 N–H and O–H groups in total. The molecule has 0 heterocycles. The molecule has 0 aromatic heterocycles. The molecule has 0 aliphatic heterocycles. The fourth-order valence-corrected chi connectivity index (χ4v) is 2.72. The zero-order chi connectivity index (χ0) is 12.3. The van der Waals surface area contributed by atoms with Gasteiger partial charge in [0.05, 0.1) is 0 Å². The summed E-state index contributed by atoms with van der Waals surface area (Å²) in [6, 6.07) is 0. The highest BCUT2D eigenvalue weighted by molar-refractivity contribution is 14.1. The number of hydrogen-bond acceptors (Lipinski definition) is 1. The summed E-state index contributed by atoms with van der Waals surface area (Å²) in [5.74, 6) is 0.524. The summed E-state index contributed by atoms with van der Waals surface area (Å²) < 4.78 is 7.49. The van der Waals surface area contributed by atoms with E-state index in [1.807, 2.05) is 0 Å². The van der Waals surface area contributed by atoms with Gasteiger partial charge in [-0.1, -0.05) is 33.8 Å². The van der Waals surface area contributed by atoms with Crippen LogP contribution in [-0.2, 0) is 4.43 Å². The van der Waals surface area contributed by atoms with E-state index in [1.165, 1.54) is 3.58 Å². The second-order valence-corrected chi connectivity index (χ2v) is 12.3. The Kier molecular flexibility index (Phi) is 6.07. The van der Waals surface area contributed by atoms with Crippen LogP contribution in [0, 0.1) is 5.92 Å². The van der Waals surface area contributed by atoms with Gasteiger partial charge in [-0.2, -0.15) is 0 Å². The first kappa shape index (κ1) is 15.6. The molecule has 0 saturated heterocycles. The van der Waals surface area contributed by atoms with Crippen LogP contribution >= 0.6 is 22.6 Å². The molecule has 1 atom stereocenters.